The van der Waals surface area contributed by atoms with Crippen molar-refractivity contribution in [1.29, 1.82) is 0 Å². The number of unbranched alkanes of at least 4 members (excludes halogenated alkanes) is 1. The highest BCUT2D eigenvalue weighted by atomic mass is 16.7. The van der Waals surface area contributed by atoms with E-state index in [2.05, 4.69) is 10.3 Å². The molecule has 43 heavy (non-hydrogen) atoms. The van der Waals surface area contributed by atoms with Crippen molar-refractivity contribution in [2.75, 3.05) is 50.8 Å². The van der Waals surface area contributed by atoms with Crippen LogP contribution in [0.15, 0.2) is 36.4 Å². The molecule has 1 aromatic heterocycles. The topological polar surface area (TPSA) is 154 Å². The Hall–Kier alpha value is -4.42. The number of fused-ring (bicyclic) bond motifs is 1. The van der Waals surface area contributed by atoms with Gasteiger partial charge in [0.2, 0.25) is 5.91 Å². The highest BCUT2D eigenvalue weighted by molar-refractivity contribution is 5.97. The van der Waals surface area contributed by atoms with Crippen molar-refractivity contribution in [3.05, 3.63) is 42.1 Å². The molecule has 2 N–H and O–H groups in total. The monoisotopic (exact) mass is 594 g/mol. The summed E-state index contributed by atoms with van der Waals surface area (Å²) in [6.45, 7) is 6.80. The molecule has 13 heteroatoms. The first-order valence-electron chi connectivity index (χ1n) is 14.9. The smallest absolute Gasteiger partial charge is 0.450 e. The Kier molecular flexibility index (Phi) is 9.27. The van der Waals surface area contributed by atoms with Gasteiger partial charge < -0.3 is 34.6 Å². The fourth-order valence-electron chi connectivity index (χ4n) is 5.67. The average Bonchev–Trinajstić information content (AvgIpc) is 3.43. The Labute approximate surface area is 250 Å². The van der Waals surface area contributed by atoms with E-state index in [0.717, 1.165) is 18.4 Å². The molecule has 5 rings (SSSR count). The number of aromatic nitrogens is 2. The first-order valence-corrected chi connectivity index (χ1v) is 14.9. The Morgan fingerprint density at radius 2 is 1.67 bits per heavy atom. The number of hydrogen-bond acceptors (Lipinski definition) is 9. The predicted octanol–water partition coefficient (Wildman–Crippen LogP) is 2.86. The third-order valence-corrected chi connectivity index (χ3v) is 8.24. The second-order valence-corrected chi connectivity index (χ2v) is 11.1. The van der Waals surface area contributed by atoms with Crippen LogP contribution in [-0.2, 0) is 14.3 Å². The average molecular weight is 595 g/mol. The van der Waals surface area contributed by atoms with Crippen LogP contribution in [0.3, 0.4) is 0 Å². The van der Waals surface area contributed by atoms with Gasteiger partial charge in [0.15, 0.2) is 5.82 Å². The molecule has 3 heterocycles. The number of benzene rings is 1. The lowest BCUT2D eigenvalue weighted by molar-refractivity contribution is -0.134. The van der Waals surface area contributed by atoms with Gasteiger partial charge in [-0.05, 0) is 12.8 Å². The summed E-state index contributed by atoms with van der Waals surface area (Å²) in [4.78, 5) is 64.7. The summed E-state index contributed by atoms with van der Waals surface area (Å²) in [7, 11) is 0. The van der Waals surface area contributed by atoms with Gasteiger partial charge >= 0.3 is 12.2 Å². The van der Waals surface area contributed by atoms with E-state index in [1.165, 1.54) is 0 Å². The second kappa shape index (κ2) is 13.3. The van der Waals surface area contributed by atoms with Crippen LogP contribution >= 0.6 is 0 Å². The molecular weight excluding hydrogens is 556 g/mol. The van der Waals surface area contributed by atoms with E-state index in [-0.39, 0.29) is 35.6 Å². The third-order valence-electron chi connectivity index (χ3n) is 8.24. The number of anilines is 1. The molecule has 0 bridgehead atoms. The lowest BCUT2D eigenvalue weighted by Gasteiger charge is -2.35. The Balaban J connectivity index is 1.25. The van der Waals surface area contributed by atoms with Crippen molar-refractivity contribution in [3.63, 3.8) is 0 Å². The highest BCUT2D eigenvalue weighted by Gasteiger charge is 2.59. The van der Waals surface area contributed by atoms with E-state index in [1.807, 2.05) is 49.1 Å². The number of rotatable bonds is 10. The zero-order valence-electron chi connectivity index (χ0n) is 24.5. The third kappa shape index (κ3) is 6.98. The molecule has 230 valence electrons. The van der Waals surface area contributed by atoms with Crippen molar-refractivity contribution in [3.8, 4) is 11.4 Å². The standard InChI is InChI=1S/C30H38N6O7/c1-3-5-15-42-29(39)35-13-11-34(12-14-35)28(38)22(4-2)32-27(37)23-16-24(33-26(31-23)19-9-7-6-8-10-19)36-17-20-21(18-36)25(20)43-30(40)41/h6-10,16,20-22,25H,3-5,11-15,17-18H2,1-2H3,(H,32,37)(H,40,41)/t20-,21+,22-,25-/m0/s1. The van der Waals surface area contributed by atoms with Gasteiger partial charge in [-0.2, -0.15) is 0 Å². The van der Waals surface area contributed by atoms with Gasteiger partial charge in [0.25, 0.3) is 5.91 Å². The van der Waals surface area contributed by atoms with Gasteiger partial charge in [-0.1, -0.05) is 50.6 Å². The SMILES string of the molecule is CCCCOC(=O)N1CCN(C(=O)[C@H](CC)NC(=O)c2cc(N3C[C@@H]4[C@H](C3)[C@@H]4OC(=O)O)nc(-c3ccccc3)n2)CC1. The minimum Gasteiger partial charge on any atom is -0.450 e. The maximum absolute atomic E-state index is 13.5. The second-order valence-electron chi connectivity index (χ2n) is 11.1. The molecule has 2 aliphatic heterocycles. The number of ether oxygens (including phenoxy) is 2. The summed E-state index contributed by atoms with van der Waals surface area (Å²) in [5, 5.41) is 11.8. The van der Waals surface area contributed by atoms with Crippen LogP contribution < -0.4 is 10.2 Å². The molecule has 1 aliphatic carbocycles. The maximum Gasteiger partial charge on any atom is 0.506 e. The van der Waals surface area contributed by atoms with Gasteiger partial charge in [0.05, 0.1) is 6.61 Å². The molecule has 3 fully saturated rings. The maximum atomic E-state index is 13.5. The first-order chi connectivity index (χ1) is 20.8. The lowest BCUT2D eigenvalue weighted by atomic mass is 10.1. The van der Waals surface area contributed by atoms with Gasteiger partial charge in [-0.25, -0.2) is 19.6 Å². The summed E-state index contributed by atoms with van der Waals surface area (Å²) in [5.74, 6) is 0.408. The minimum atomic E-state index is -1.27. The summed E-state index contributed by atoms with van der Waals surface area (Å²) in [6, 6.07) is 10.2. The molecular formula is C30H38N6O7. The zero-order valence-corrected chi connectivity index (χ0v) is 24.5. The molecule has 0 unspecified atom stereocenters. The molecule has 0 spiro atoms. The summed E-state index contributed by atoms with van der Waals surface area (Å²) < 4.78 is 10.3. The van der Waals surface area contributed by atoms with Crippen molar-refractivity contribution in [1.82, 2.24) is 25.1 Å². The fourth-order valence-corrected chi connectivity index (χ4v) is 5.67. The van der Waals surface area contributed by atoms with Crippen molar-refractivity contribution in [2.24, 2.45) is 11.8 Å². The van der Waals surface area contributed by atoms with Crippen LogP contribution in [0.4, 0.5) is 15.4 Å². The molecule has 3 amide bonds. The number of nitrogens with zero attached hydrogens (tertiary/aromatic N) is 5. The number of nitrogens with one attached hydrogen (secondary N) is 1. The number of hydrogen-bond donors (Lipinski definition) is 2. The van der Waals surface area contributed by atoms with Crippen LogP contribution in [-0.4, -0.2) is 107 Å². The normalized spacial score (nSPS) is 21.5. The van der Waals surface area contributed by atoms with Crippen LogP contribution in [0.2, 0.25) is 0 Å². The molecule has 0 radical (unpaired) electrons. The van der Waals surface area contributed by atoms with E-state index in [4.69, 9.17) is 19.6 Å². The molecule has 4 atom stereocenters. The van der Waals surface area contributed by atoms with Crippen LogP contribution in [0, 0.1) is 11.8 Å². The molecule has 1 saturated carbocycles. The Morgan fingerprint density at radius 1 is 1.00 bits per heavy atom. The molecule has 13 nitrogen and oxygen atoms in total. The zero-order chi connectivity index (χ0) is 30.5. The van der Waals surface area contributed by atoms with E-state index in [1.54, 1.807) is 15.9 Å². The highest BCUT2D eigenvalue weighted by Crippen LogP contribution is 2.48. The van der Waals surface area contributed by atoms with E-state index >= 15 is 0 Å². The van der Waals surface area contributed by atoms with Gasteiger partial charge in [0, 0.05) is 62.7 Å². The number of piperazine rings is 1. The van der Waals surface area contributed by atoms with Crippen molar-refractivity contribution in [2.45, 2.75) is 45.3 Å². The van der Waals surface area contributed by atoms with E-state index in [9.17, 15) is 19.2 Å². The van der Waals surface area contributed by atoms with Crippen LogP contribution in [0.1, 0.15) is 43.6 Å². The van der Waals surface area contributed by atoms with E-state index in [0.29, 0.717) is 63.9 Å². The number of carboxylic acid groups (broad SMARTS) is 1. The Morgan fingerprint density at radius 3 is 2.30 bits per heavy atom. The largest absolute Gasteiger partial charge is 0.506 e. The van der Waals surface area contributed by atoms with Gasteiger partial charge in [-0.15, -0.1) is 0 Å². The molecule has 1 aromatic carbocycles. The summed E-state index contributed by atoms with van der Waals surface area (Å²) >= 11 is 0. The van der Waals surface area contributed by atoms with Crippen molar-refractivity contribution < 1.29 is 33.8 Å². The Bertz CT molecular complexity index is 1320. The minimum absolute atomic E-state index is 0.0873. The van der Waals surface area contributed by atoms with Crippen LogP contribution in [0.5, 0.6) is 0 Å². The molecule has 2 saturated heterocycles. The fraction of sp³-hybridized carbons (Fsp3) is 0.533. The number of carbonyl (C=O) groups excluding carboxylic acids is 3. The quantitative estimate of drug-likeness (QED) is 0.310. The van der Waals surface area contributed by atoms with Crippen molar-refractivity contribution >= 4 is 29.9 Å². The van der Waals surface area contributed by atoms with Gasteiger partial charge in [-0.3, -0.25) is 9.59 Å². The predicted molar refractivity (Wildman–Crippen MR) is 156 cm³/mol. The summed E-state index contributed by atoms with van der Waals surface area (Å²) in [6.07, 6.45) is 0.183. The van der Waals surface area contributed by atoms with Gasteiger partial charge in [0.1, 0.15) is 23.7 Å². The first kappa shape index (κ1) is 30.1. The van der Waals surface area contributed by atoms with E-state index < -0.39 is 18.1 Å². The number of carbonyl (C=O) groups is 4. The lowest BCUT2D eigenvalue weighted by Crippen LogP contribution is -2.55. The van der Waals surface area contributed by atoms with Crippen LogP contribution in [0.25, 0.3) is 11.4 Å². The molecule has 2 aromatic rings. The number of amides is 3. The summed E-state index contributed by atoms with van der Waals surface area (Å²) in [5.41, 5.74) is 0.873. The molecule has 3 aliphatic rings. The number of piperidine rings is 1.